The highest BCUT2D eigenvalue weighted by Gasteiger charge is 2.21. The quantitative estimate of drug-likeness (QED) is 0.778. The lowest BCUT2D eigenvalue weighted by Gasteiger charge is -2.28. The van der Waals surface area contributed by atoms with Crippen LogP contribution in [-0.2, 0) is 14.3 Å². The Balaban J connectivity index is 2.24. The number of rotatable bonds is 5. The van der Waals surface area contributed by atoms with E-state index in [1.54, 1.807) is 15.9 Å². The number of amides is 2. The van der Waals surface area contributed by atoms with Gasteiger partial charge in [-0.15, -0.1) is 6.58 Å². The Hall–Kier alpha value is -2.14. The number of benzene rings is 1. The summed E-state index contributed by atoms with van der Waals surface area (Å²) in [5.74, 6) is -0.0822. The Bertz CT molecular complexity index is 542. The molecule has 5 heteroatoms. The Labute approximate surface area is 124 Å². The van der Waals surface area contributed by atoms with Crippen molar-refractivity contribution in [2.24, 2.45) is 0 Å². The summed E-state index contributed by atoms with van der Waals surface area (Å²) in [5.41, 5.74) is 1.59. The second-order valence-corrected chi connectivity index (χ2v) is 4.87. The van der Waals surface area contributed by atoms with Gasteiger partial charge in [0.25, 0.3) is 5.91 Å². The smallest absolute Gasteiger partial charge is 0.253 e. The molecule has 0 atom stereocenters. The third-order valence-electron chi connectivity index (χ3n) is 3.38. The van der Waals surface area contributed by atoms with Crippen LogP contribution in [0.5, 0.6) is 0 Å². The monoisotopic (exact) mass is 288 g/mol. The molecule has 112 valence electrons. The van der Waals surface area contributed by atoms with Crippen LogP contribution < -0.4 is 9.80 Å². The minimum atomic E-state index is -0.0566. The van der Waals surface area contributed by atoms with Gasteiger partial charge in [-0.1, -0.05) is 12.1 Å². The predicted molar refractivity (Wildman–Crippen MR) is 82.5 cm³/mol. The summed E-state index contributed by atoms with van der Waals surface area (Å²) in [4.78, 5) is 27.1. The first-order valence-corrected chi connectivity index (χ1v) is 7.00. The molecule has 1 heterocycles. The zero-order valence-electron chi connectivity index (χ0n) is 12.2. The van der Waals surface area contributed by atoms with Gasteiger partial charge in [0.2, 0.25) is 5.91 Å². The minimum absolute atomic E-state index is 0.0256. The van der Waals surface area contributed by atoms with Crippen molar-refractivity contribution in [1.82, 2.24) is 0 Å². The van der Waals surface area contributed by atoms with Crippen molar-refractivity contribution in [3.8, 4) is 0 Å². The van der Waals surface area contributed by atoms with Crippen molar-refractivity contribution < 1.29 is 14.3 Å². The molecule has 1 aromatic rings. The van der Waals surface area contributed by atoms with Gasteiger partial charge in [-0.05, 0) is 24.6 Å². The van der Waals surface area contributed by atoms with E-state index < -0.39 is 0 Å². The molecule has 1 aromatic carbocycles. The zero-order valence-corrected chi connectivity index (χ0v) is 12.2. The van der Waals surface area contributed by atoms with Crippen molar-refractivity contribution >= 4 is 23.2 Å². The Morgan fingerprint density at radius 3 is 3.00 bits per heavy atom. The number of ether oxygens (including phenoxy) is 1. The van der Waals surface area contributed by atoms with Gasteiger partial charge in [-0.2, -0.15) is 0 Å². The Kier molecular flexibility index (Phi) is 5.11. The molecular formula is C16H20N2O3. The van der Waals surface area contributed by atoms with Crippen LogP contribution in [0.1, 0.15) is 13.3 Å². The fraction of sp³-hybridized carbons (Fsp3) is 0.375. The Morgan fingerprint density at radius 2 is 2.33 bits per heavy atom. The number of nitrogens with zero attached hydrogens (tertiary/aromatic N) is 2. The number of carbonyl (C=O) groups excluding carboxylic acids is 2. The fourth-order valence-corrected chi connectivity index (χ4v) is 2.31. The van der Waals surface area contributed by atoms with Gasteiger partial charge in [-0.3, -0.25) is 9.59 Å². The van der Waals surface area contributed by atoms with Crippen LogP contribution in [0.15, 0.2) is 36.9 Å². The van der Waals surface area contributed by atoms with Crippen LogP contribution in [0.2, 0.25) is 0 Å². The van der Waals surface area contributed by atoms with E-state index in [-0.39, 0.29) is 18.4 Å². The van der Waals surface area contributed by atoms with Crippen molar-refractivity contribution in [1.29, 1.82) is 0 Å². The van der Waals surface area contributed by atoms with Gasteiger partial charge in [0, 0.05) is 31.4 Å². The molecule has 2 amide bonds. The minimum Gasteiger partial charge on any atom is -0.370 e. The second-order valence-electron chi connectivity index (χ2n) is 4.87. The average molecular weight is 288 g/mol. The molecule has 1 aliphatic heterocycles. The van der Waals surface area contributed by atoms with Crippen molar-refractivity contribution in [3.63, 3.8) is 0 Å². The third-order valence-corrected chi connectivity index (χ3v) is 3.38. The maximum absolute atomic E-state index is 11.9. The number of morpholine rings is 1. The topological polar surface area (TPSA) is 49.9 Å². The highest BCUT2D eigenvalue weighted by molar-refractivity contribution is 5.97. The molecule has 21 heavy (non-hydrogen) atoms. The van der Waals surface area contributed by atoms with E-state index in [1.165, 1.54) is 6.92 Å². The van der Waals surface area contributed by atoms with E-state index in [0.717, 1.165) is 17.8 Å². The molecule has 1 saturated heterocycles. The van der Waals surface area contributed by atoms with Crippen LogP contribution in [0.4, 0.5) is 11.4 Å². The van der Waals surface area contributed by atoms with Crippen LogP contribution in [-0.4, -0.2) is 38.1 Å². The summed E-state index contributed by atoms with van der Waals surface area (Å²) in [5, 5.41) is 0. The molecule has 0 aromatic heterocycles. The summed E-state index contributed by atoms with van der Waals surface area (Å²) in [6.45, 7) is 6.98. The average Bonchev–Trinajstić information content (AvgIpc) is 2.48. The lowest BCUT2D eigenvalue weighted by molar-refractivity contribution is -0.125. The van der Waals surface area contributed by atoms with E-state index in [4.69, 9.17) is 4.74 Å². The Morgan fingerprint density at radius 1 is 1.52 bits per heavy atom. The number of hydrogen-bond donors (Lipinski definition) is 0. The van der Waals surface area contributed by atoms with Gasteiger partial charge in [0.1, 0.15) is 6.61 Å². The summed E-state index contributed by atoms with van der Waals surface area (Å²) in [6.07, 6.45) is 2.51. The molecule has 2 rings (SSSR count). The highest BCUT2D eigenvalue weighted by Crippen LogP contribution is 2.24. The molecule has 0 N–H and O–H groups in total. The van der Waals surface area contributed by atoms with E-state index >= 15 is 0 Å². The van der Waals surface area contributed by atoms with Crippen molar-refractivity contribution in [2.75, 3.05) is 36.1 Å². The van der Waals surface area contributed by atoms with Crippen LogP contribution in [0.3, 0.4) is 0 Å². The summed E-state index contributed by atoms with van der Waals surface area (Å²) in [7, 11) is 0. The lowest BCUT2D eigenvalue weighted by Crippen LogP contribution is -2.41. The normalized spacial score (nSPS) is 14.9. The molecule has 1 aliphatic rings. The molecule has 5 nitrogen and oxygen atoms in total. The number of carbonyl (C=O) groups is 2. The van der Waals surface area contributed by atoms with E-state index in [2.05, 4.69) is 6.58 Å². The standard InChI is InChI=1S/C16H20N2O3/c1-3-4-8-17(13(2)19)14-6-5-7-15(11-14)18-9-10-21-12-16(18)20/h3,5-7,11H,1,4,8-10,12H2,2H3. The second kappa shape index (κ2) is 7.04. The van der Waals surface area contributed by atoms with Crippen LogP contribution in [0.25, 0.3) is 0 Å². The van der Waals surface area contributed by atoms with Gasteiger partial charge in [-0.25, -0.2) is 0 Å². The van der Waals surface area contributed by atoms with Gasteiger partial charge in [0.05, 0.1) is 6.61 Å². The number of hydrogen-bond acceptors (Lipinski definition) is 3. The SMILES string of the molecule is C=CCCN(C(C)=O)c1cccc(N2CCOCC2=O)c1. The maximum Gasteiger partial charge on any atom is 0.253 e. The maximum atomic E-state index is 11.9. The first kappa shape index (κ1) is 15.3. The molecule has 0 aliphatic carbocycles. The summed E-state index contributed by atoms with van der Waals surface area (Å²) in [6, 6.07) is 7.47. The first-order valence-electron chi connectivity index (χ1n) is 7.00. The van der Waals surface area contributed by atoms with Crippen molar-refractivity contribution in [2.45, 2.75) is 13.3 Å². The molecule has 0 unspecified atom stereocenters. The van der Waals surface area contributed by atoms with E-state index in [1.807, 2.05) is 24.3 Å². The molecule has 0 spiro atoms. The molecule has 0 bridgehead atoms. The molecule has 1 fully saturated rings. The summed E-state index contributed by atoms with van der Waals surface area (Å²) < 4.78 is 5.14. The first-order chi connectivity index (χ1) is 10.1. The molecule has 0 radical (unpaired) electrons. The zero-order chi connectivity index (χ0) is 15.2. The van der Waals surface area contributed by atoms with Crippen molar-refractivity contribution in [3.05, 3.63) is 36.9 Å². The number of anilines is 2. The van der Waals surface area contributed by atoms with Gasteiger partial charge >= 0.3 is 0 Å². The van der Waals surface area contributed by atoms with Crippen LogP contribution >= 0.6 is 0 Å². The van der Waals surface area contributed by atoms with Crippen LogP contribution in [0, 0.1) is 0 Å². The lowest BCUT2D eigenvalue weighted by atomic mass is 10.2. The predicted octanol–water partition coefficient (Wildman–Crippen LogP) is 1.98. The van der Waals surface area contributed by atoms with Gasteiger partial charge < -0.3 is 14.5 Å². The van der Waals surface area contributed by atoms with E-state index in [9.17, 15) is 9.59 Å². The molecular weight excluding hydrogens is 268 g/mol. The molecule has 0 saturated carbocycles. The fourth-order valence-electron chi connectivity index (χ4n) is 2.31. The van der Waals surface area contributed by atoms with E-state index in [0.29, 0.717) is 19.7 Å². The highest BCUT2D eigenvalue weighted by atomic mass is 16.5. The van der Waals surface area contributed by atoms with Gasteiger partial charge in [0.15, 0.2) is 0 Å². The summed E-state index contributed by atoms with van der Waals surface area (Å²) >= 11 is 0. The third kappa shape index (κ3) is 3.70. The largest absolute Gasteiger partial charge is 0.370 e.